The number of amides is 2. The molecule has 0 radical (unpaired) electrons. The molecule has 3 aromatic rings. The van der Waals surface area contributed by atoms with Crippen molar-refractivity contribution in [3.8, 4) is 0 Å². The molecule has 0 saturated carbocycles. The van der Waals surface area contributed by atoms with Gasteiger partial charge in [-0.05, 0) is 61.2 Å². The number of ether oxygens (including phenoxy) is 4. The Morgan fingerprint density at radius 3 is 1.88 bits per heavy atom. The summed E-state index contributed by atoms with van der Waals surface area (Å²) >= 11 is 0. The highest BCUT2D eigenvalue weighted by Crippen LogP contribution is 2.21. The fourth-order valence-electron chi connectivity index (χ4n) is 4.87. The summed E-state index contributed by atoms with van der Waals surface area (Å²) in [6, 6.07) is 16.1. The maximum Gasteiger partial charge on any atom is 0.251 e. The predicted molar refractivity (Wildman–Crippen MR) is 193 cm³/mol. The zero-order chi connectivity index (χ0) is 35.8. The Bertz CT molecular complexity index is 1500. The minimum Gasteiger partial charge on any atom is -0.379 e. The van der Waals surface area contributed by atoms with E-state index in [9.17, 15) is 9.59 Å². The number of anilines is 4. The van der Waals surface area contributed by atoms with E-state index in [1.165, 1.54) is 6.42 Å². The standard InChI is InChI=1S/C34H47N11O6/c35-44-39-16-22-51-26-25-49-20-14-37-31(47)28-9-11-29(12-10-28)40-33-41-32(42-34(43-33)45-17-5-2-6-18-45)38-15-21-50-24-23-48-19-13-36-30(46)27-7-3-1-4-8-27/h1,3-4,7-12H,2,5-6,13-26H2,(H,36,46)(H,37,47)(H2,38,40,41,42,43). The summed E-state index contributed by atoms with van der Waals surface area (Å²) in [7, 11) is 0. The fraction of sp³-hybridized carbons (Fsp3) is 0.500. The summed E-state index contributed by atoms with van der Waals surface area (Å²) in [4.78, 5) is 43.4. The van der Waals surface area contributed by atoms with Crippen LogP contribution in [0.2, 0.25) is 0 Å². The van der Waals surface area contributed by atoms with E-state index in [2.05, 4.69) is 51.1 Å². The Labute approximate surface area is 297 Å². The molecule has 1 aromatic heterocycles. The highest BCUT2D eigenvalue weighted by Gasteiger charge is 2.17. The van der Waals surface area contributed by atoms with Gasteiger partial charge in [-0.3, -0.25) is 9.59 Å². The summed E-state index contributed by atoms with van der Waals surface area (Å²) in [5.41, 5.74) is 10.1. The Kier molecular flexibility index (Phi) is 17.7. The van der Waals surface area contributed by atoms with Crippen LogP contribution in [-0.2, 0) is 18.9 Å². The van der Waals surface area contributed by atoms with Crippen molar-refractivity contribution >= 4 is 35.3 Å². The van der Waals surface area contributed by atoms with Crippen molar-refractivity contribution in [2.45, 2.75) is 19.3 Å². The molecule has 4 rings (SSSR count). The minimum atomic E-state index is -0.212. The largest absolute Gasteiger partial charge is 0.379 e. The number of hydrogen-bond donors (Lipinski definition) is 4. The Hall–Kier alpha value is -5.06. The molecule has 4 N–H and O–H groups in total. The summed E-state index contributed by atoms with van der Waals surface area (Å²) in [5, 5.41) is 15.5. The molecule has 17 nitrogen and oxygen atoms in total. The van der Waals surface area contributed by atoms with Crippen molar-refractivity contribution in [2.75, 3.05) is 108 Å². The molecular weight excluding hydrogens is 658 g/mol. The molecule has 0 spiro atoms. The third kappa shape index (κ3) is 15.2. The van der Waals surface area contributed by atoms with Gasteiger partial charge in [-0.1, -0.05) is 23.3 Å². The van der Waals surface area contributed by atoms with Crippen LogP contribution in [-0.4, -0.2) is 119 Å². The van der Waals surface area contributed by atoms with Crippen LogP contribution < -0.4 is 26.2 Å². The van der Waals surface area contributed by atoms with E-state index in [1.807, 2.05) is 18.2 Å². The molecule has 51 heavy (non-hydrogen) atoms. The lowest BCUT2D eigenvalue weighted by molar-refractivity contribution is 0.0511. The highest BCUT2D eigenvalue weighted by molar-refractivity contribution is 5.94. The third-order valence-electron chi connectivity index (χ3n) is 7.44. The van der Waals surface area contributed by atoms with Gasteiger partial charge in [0.1, 0.15) is 0 Å². The molecule has 1 aliphatic heterocycles. The summed E-state index contributed by atoms with van der Waals surface area (Å²) in [5.74, 6) is 1.08. The minimum absolute atomic E-state index is 0.126. The van der Waals surface area contributed by atoms with Crippen LogP contribution >= 0.6 is 0 Å². The molecule has 0 unspecified atom stereocenters. The van der Waals surface area contributed by atoms with Gasteiger partial charge in [0.05, 0.1) is 52.9 Å². The van der Waals surface area contributed by atoms with Gasteiger partial charge < -0.3 is 45.1 Å². The lowest BCUT2D eigenvalue weighted by Crippen LogP contribution is -2.31. The number of aromatic nitrogens is 3. The molecule has 2 aromatic carbocycles. The number of piperidine rings is 1. The van der Waals surface area contributed by atoms with Crippen molar-refractivity contribution < 1.29 is 28.5 Å². The lowest BCUT2D eigenvalue weighted by Gasteiger charge is -2.27. The topological polar surface area (TPSA) is 210 Å². The first kappa shape index (κ1) is 38.7. The smallest absolute Gasteiger partial charge is 0.251 e. The van der Waals surface area contributed by atoms with E-state index >= 15 is 0 Å². The Balaban J connectivity index is 1.16. The number of nitrogens with one attached hydrogen (secondary N) is 4. The number of nitrogens with zero attached hydrogens (tertiary/aromatic N) is 7. The zero-order valence-corrected chi connectivity index (χ0v) is 28.8. The molecule has 0 bridgehead atoms. The van der Waals surface area contributed by atoms with Gasteiger partial charge >= 0.3 is 0 Å². The second kappa shape index (κ2) is 23.4. The number of rotatable bonds is 24. The van der Waals surface area contributed by atoms with E-state index in [4.69, 9.17) is 24.5 Å². The second-order valence-corrected chi connectivity index (χ2v) is 11.2. The molecule has 2 heterocycles. The van der Waals surface area contributed by atoms with Crippen molar-refractivity contribution in [1.82, 2.24) is 25.6 Å². The fourth-order valence-corrected chi connectivity index (χ4v) is 4.87. The van der Waals surface area contributed by atoms with Gasteiger partial charge in [0.15, 0.2) is 0 Å². The third-order valence-corrected chi connectivity index (χ3v) is 7.44. The van der Waals surface area contributed by atoms with E-state index in [1.54, 1.807) is 36.4 Å². The highest BCUT2D eigenvalue weighted by atomic mass is 16.5. The summed E-state index contributed by atoms with van der Waals surface area (Å²) in [6.45, 7) is 6.39. The van der Waals surface area contributed by atoms with E-state index in [0.29, 0.717) is 101 Å². The maximum absolute atomic E-state index is 12.6. The van der Waals surface area contributed by atoms with Crippen LogP contribution in [0, 0.1) is 0 Å². The van der Waals surface area contributed by atoms with E-state index in [0.717, 1.165) is 31.6 Å². The normalized spacial score (nSPS) is 12.5. The first-order valence-corrected chi connectivity index (χ1v) is 17.2. The number of azide groups is 1. The van der Waals surface area contributed by atoms with Crippen molar-refractivity contribution in [2.24, 2.45) is 5.11 Å². The molecule has 0 atom stereocenters. The Morgan fingerprint density at radius 2 is 1.25 bits per heavy atom. The zero-order valence-electron chi connectivity index (χ0n) is 28.8. The predicted octanol–water partition coefficient (Wildman–Crippen LogP) is 3.55. The van der Waals surface area contributed by atoms with Crippen LogP contribution in [0.3, 0.4) is 0 Å². The van der Waals surface area contributed by atoms with Crippen LogP contribution in [0.4, 0.5) is 23.5 Å². The molecular formula is C34H47N11O6. The number of hydrogen-bond acceptors (Lipinski definition) is 13. The molecule has 1 fully saturated rings. The second-order valence-electron chi connectivity index (χ2n) is 11.2. The van der Waals surface area contributed by atoms with Crippen LogP contribution in [0.1, 0.15) is 40.0 Å². The number of benzene rings is 2. The van der Waals surface area contributed by atoms with Gasteiger partial charge in [0.25, 0.3) is 11.8 Å². The van der Waals surface area contributed by atoms with Gasteiger partial charge in [0.2, 0.25) is 17.8 Å². The first-order chi connectivity index (χ1) is 25.1. The van der Waals surface area contributed by atoms with Gasteiger partial charge in [-0.15, -0.1) is 0 Å². The van der Waals surface area contributed by atoms with Crippen LogP contribution in [0.5, 0.6) is 0 Å². The number of carbonyl (C=O) groups excluding carboxylic acids is 2. The van der Waals surface area contributed by atoms with Crippen LogP contribution in [0.25, 0.3) is 10.4 Å². The Morgan fingerprint density at radius 1 is 0.686 bits per heavy atom. The van der Waals surface area contributed by atoms with Crippen molar-refractivity contribution in [1.29, 1.82) is 0 Å². The van der Waals surface area contributed by atoms with E-state index < -0.39 is 0 Å². The molecule has 1 aliphatic rings. The summed E-state index contributed by atoms with van der Waals surface area (Å²) in [6.07, 6.45) is 3.35. The average Bonchev–Trinajstić information content (AvgIpc) is 3.17. The molecule has 0 aliphatic carbocycles. The molecule has 274 valence electrons. The van der Waals surface area contributed by atoms with Gasteiger partial charge in [-0.25, -0.2) is 0 Å². The van der Waals surface area contributed by atoms with E-state index in [-0.39, 0.29) is 18.4 Å². The quantitative estimate of drug-likeness (QED) is 0.0456. The lowest BCUT2D eigenvalue weighted by atomic mass is 10.1. The van der Waals surface area contributed by atoms with Crippen molar-refractivity contribution in [3.05, 3.63) is 76.2 Å². The van der Waals surface area contributed by atoms with Gasteiger partial charge in [0, 0.05) is 61.0 Å². The average molecular weight is 706 g/mol. The molecule has 17 heteroatoms. The number of carbonyl (C=O) groups is 2. The van der Waals surface area contributed by atoms with Crippen LogP contribution in [0.15, 0.2) is 59.7 Å². The molecule has 1 saturated heterocycles. The van der Waals surface area contributed by atoms with Gasteiger partial charge in [-0.2, -0.15) is 15.0 Å². The maximum atomic E-state index is 12.6. The molecule has 2 amide bonds. The van der Waals surface area contributed by atoms with Crippen molar-refractivity contribution in [3.63, 3.8) is 0 Å². The first-order valence-electron chi connectivity index (χ1n) is 17.2. The monoisotopic (exact) mass is 705 g/mol. The SMILES string of the molecule is [N-]=[N+]=NCCOCCOCCNC(=O)c1ccc(Nc2nc(NCCOCCOCCNC(=O)c3ccccc3)nc(N3CCCCC3)n2)cc1. The summed E-state index contributed by atoms with van der Waals surface area (Å²) < 4.78 is 22.0.